The number of nitrogens with one attached hydrogen (secondary N) is 3. The van der Waals surface area contributed by atoms with Gasteiger partial charge in [0.15, 0.2) is 0 Å². The number of benzene rings is 2. The number of piperidine rings is 1. The highest BCUT2D eigenvalue weighted by Gasteiger charge is 2.42. The zero-order chi connectivity index (χ0) is 27.6. The van der Waals surface area contributed by atoms with Crippen LogP contribution in [0.15, 0.2) is 54.2 Å². The Labute approximate surface area is 219 Å². The topological polar surface area (TPSA) is 125 Å². The van der Waals surface area contributed by atoms with Crippen molar-refractivity contribution >= 4 is 52.5 Å². The highest BCUT2D eigenvalue weighted by atomic mass is 35.5. The molecule has 2 aromatic rings. The van der Waals surface area contributed by atoms with E-state index in [0.29, 0.717) is 11.3 Å². The van der Waals surface area contributed by atoms with Gasteiger partial charge in [-0.05, 0) is 48.7 Å². The van der Waals surface area contributed by atoms with Crippen molar-refractivity contribution < 1.29 is 37.1 Å². The fourth-order valence-corrected chi connectivity index (χ4v) is 4.35. The van der Waals surface area contributed by atoms with Crippen LogP contribution in [0.5, 0.6) is 0 Å². The monoisotopic (exact) mass is 548 g/mol. The molecule has 2 aliphatic rings. The molecule has 1 saturated heterocycles. The van der Waals surface area contributed by atoms with E-state index >= 15 is 0 Å². The first kappa shape index (κ1) is 26.9. The van der Waals surface area contributed by atoms with E-state index in [1.54, 1.807) is 24.3 Å². The molecule has 9 nitrogen and oxygen atoms in total. The molecule has 3 N–H and O–H groups in total. The zero-order valence-electron chi connectivity index (χ0n) is 19.5. The van der Waals surface area contributed by atoms with Gasteiger partial charge in [0, 0.05) is 30.3 Å². The summed E-state index contributed by atoms with van der Waals surface area (Å²) < 4.78 is 38.5. The zero-order valence-corrected chi connectivity index (χ0v) is 20.3. The lowest BCUT2D eigenvalue weighted by Gasteiger charge is -2.28. The maximum absolute atomic E-state index is 12.8. The maximum atomic E-state index is 12.8. The fourth-order valence-electron chi connectivity index (χ4n) is 4.06. The van der Waals surface area contributed by atoms with Gasteiger partial charge < -0.3 is 10.6 Å². The second-order valence-electron chi connectivity index (χ2n) is 8.60. The standard InChI is InChI=1S/C25H20ClF3N4O5/c26-17-11-15(5-6-16(17)25(27,28)29)31-20(34)8-4-13-2-1-3-14(10-13)30-18-12-22(36)33(24(18)38)19-7-9-21(35)32-23(19)37/h1-3,5-6,10-12,19,30H,4,7-9H2,(H,31,34)(H,32,35,37). The molecule has 2 aliphatic heterocycles. The molecule has 0 spiro atoms. The van der Waals surface area contributed by atoms with Crippen LogP contribution in [0.4, 0.5) is 24.5 Å². The van der Waals surface area contributed by atoms with E-state index in [4.69, 9.17) is 11.6 Å². The number of rotatable bonds is 7. The molecule has 198 valence electrons. The summed E-state index contributed by atoms with van der Waals surface area (Å²) in [7, 11) is 0. The minimum Gasteiger partial charge on any atom is -0.351 e. The number of nitrogens with zero attached hydrogens (tertiary/aromatic N) is 1. The number of alkyl halides is 3. The maximum Gasteiger partial charge on any atom is 0.417 e. The van der Waals surface area contributed by atoms with Crippen molar-refractivity contribution in [2.24, 2.45) is 0 Å². The largest absolute Gasteiger partial charge is 0.417 e. The van der Waals surface area contributed by atoms with E-state index in [1.165, 1.54) is 0 Å². The van der Waals surface area contributed by atoms with Gasteiger partial charge in [-0.15, -0.1) is 0 Å². The third kappa shape index (κ3) is 6.02. The van der Waals surface area contributed by atoms with E-state index < -0.39 is 52.3 Å². The van der Waals surface area contributed by atoms with E-state index in [9.17, 15) is 37.1 Å². The van der Waals surface area contributed by atoms with Crippen molar-refractivity contribution in [3.05, 3.63) is 70.4 Å². The molecule has 1 fully saturated rings. The van der Waals surface area contributed by atoms with Crippen molar-refractivity contribution in [3.63, 3.8) is 0 Å². The normalized spacial score (nSPS) is 17.8. The Morgan fingerprint density at radius 1 is 1.08 bits per heavy atom. The van der Waals surface area contributed by atoms with Gasteiger partial charge in [0.1, 0.15) is 11.7 Å². The molecule has 1 unspecified atom stereocenters. The Morgan fingerprint density at radius 2 is 1.84 bits per heavy atom. The molecular weight excluding hydrogens is 529 g/mol. The Hall–Kier alpha value is -4.19. The van der Waals surface area contributed by atoms with E-state index in [2.05, 4.69) is 16.0 Å². The number of hydrogen-bond acceptors (Lipinski definition) is 6. The number of hydrogen-bond donors (Lipinski definition) is 3. The predicted octanol–water partition coefficient (Wildman–Crippen LogP) is 3.40. The van der Waals surface area contributed by atoms with Gasteiger partial charge in [0.05, 0.1) is 10.6 Å². The Bertz CT molecular complexity index is 1380. The highest BCUT2D eigenvalue weighted by Crippen LogP contribution is 2.36. The number of carbonyl (C=O) groups is 5. The van der Waals surface area contributed by atoms with Gasteiger partial charge in [-0.25, -0.2) is 0 Å². The van der Waals surface area contributed by atoms with Gasteiger partial charge in [-0.1, -0.05) is 23.7 Å². The summed E-state index contributed by atoms with van der Waals surface area (Å²) in [6, 6.07) is 8.56. The molecule has 0 aliphatic carbocycles. The molecule has 2 aromatic carbocycles. The van der Waals surface area contributed by atoms with Crippen LogP contribution >= 0.6 is 11.6 Å². The second kappa shape index (κ2) is 10.7. The van der Waals surface area contributed by atoms with Crippen LogP contribution in [-0.2, 0) is 36.6 Å². The molecule has 0 saturated carbocycles. The summed E-state index contributed by atoms with van der Waals surface area (Å²) in [6.45, 7) is 0. The van der Waals surface area contributed by atoms with Crippen LogP contribution in [0.1, 0.15) is 30.4 Å². The number of anilines is 2. The number of aryl methyl sites for hydroxylation is 1. The summed E-state index contributed by atoms with van der Waals surface area (Å²) in [5, 5.41) is 6.94. The molecular formula is C25H20ClF3N4O5. The average molecular weight is 549 g/mol. The van der Waals surface area contributed by atoms with Crippen molar-refractivity contribution in [3.8, 4) is 0 Å². The van der Waals surface area contributed by atoms with Crippen LogP contribution in [0.3, 0.4) is 0 Å². The first-order valence-electron chi connectivity index (χ1n) is 11.4. The van der Waals surface area contributed by atoms with Gasteiger partial charge in [0.2, 0.25) is 17.7 Å². The quantitative estimate of drug-likeness (QED) is 0.456. The Morgan fingerprint density at radius 3 is 2.53 bits per heavy atom. The van der Waals surface area contributed by atoms with Gasteiger partial charge in [0.25, 0.3) is 11.8 Å². The summed E-state index contributed by atoms with van der Waals surface area (Å²) in [4.78, 5) is 61.8. The molecule has 4 rings (SSSR count). The first-order valence-corrected chi connectivity index (χ1v) is 11.8. The van der Waals surface area contributed by atoms with Crippen LogP contribution in [-0.4, -0.2) is 40.5 Å². The molecule has 5 amide bonds. The molecule has 0 aromatic heterocycles. The number of halogens is 4. The van der Waals surface area contributed by atoms with E-state index in [1.807, 2.05) is 0 Å². The minimum atomic E-state index is -4.60. The first-order chi connectivity index (χ1) is 17.9. The molecule has 38 heavy (non-hydrogen) atoms. The summed E-state index contributed by atoms with van der Waals surface area (Å²) in [5.74, 6) is -3.01. The van der Waals surface area contributed by atoms with Crippen molar-refractivity contribution in [2.75, 3.05) is 10.6 Å². The lowest BCUT2D eigenvalue weighted by atomic mass is 10.0. The van der Waals surface area contributed by atoms with Crippen LogP contribution < -0.4 is 16.0 Å². The van der Waals surface area contributed by atoms with Crippen LogP contribution in [0.2, 0.25) is 5.02 Å². The third-order valence-corrected chi connectivity index (χ3v) is 6.19. The average Bonchev–Trinajstić information content (AvgIpc) is 3.10. The van der Waals surface area contributed by atoms with Crippen molar-refractivity contribution in [1.82, 2.24) is 10.2 Å². The highest BCUT2D eigenvalue weighted by molar-refractivity contribution is 6.31. The molecule has 2 heterocycles. The summed E-state index contributed by atoms with van der Waals surface area (Å²) in [5.41, 5.74) is 0.235. The third-order valence-electron chi connectivity index (χ3n) is 5.88. The van der Waals surface area contributed by atoms with Gasteiger partial charge in [-0.2, -0.15) is 13.2 Å². The van der Waals surface area contributed by atoms with Crippen molar-refractivity contribution in [1.29, 1.82) is 0 Å². The number of amides is 5. The minimum absolute atomic E-state index is 0.00545. The van der Waals surface area contributed by atoms with Crippen molar-refractivity contribution in [2.45, 2.75) is 37.9 Å². The lowest BCUT2D eigenvalue weighted by Crippen LogP contribution is -2.54. The number of carbonyl (C=O) groups excluding carboxylic acids is 5. The predicted molar refractivity (Wildman–Crippen MR) is 130 cm³/mol. The summed E-state index contributed by atoms with van der Waals surface area (Å²) in [6.07, 6.45) is -3.21. The Kier molecular flexibility index (Phi) is 7.53. The van der Waals surface area contributed by atoms with E-state index in [-0.39, 0.29) is 37.1 Å². The van der Waals surface area contributed by atoms with Crippen LogP contribution in [0, 0.1) is 0 Å². The van der Waals surface area contributed by atoms with E-state index in [0.717, 1.165) is 29.2 Å². The molecule has 0 bridgehead atoms. The van der Waals surface area contributed by atoms with Gasteiger partial charge >= 0.3 is 6.18 Å². The smallest absolute Gasteiger partial charge is 0.351 e. The SMILES string of the molecule is O=C1CCC(N2C(=O)C=C(Nc3cccc(CCC(=O)Nc4ccc(C(F)(F)F)c(Cl)c4)c3)C2=O)C(=O)N1. The molecule has 0 radical (unpaired) electrons. The Balaban J connectivity index is 1.34. The molecule has 13 heteroatoms. The lowest BCUT2D eigenvalue weighted by molar-refractivity contribution is -0.149. The van der Waals surface area contributed by atoms with Gasteiger partial charge in [-0.3, -0.25) is 34.2 Å². The summed E-state index contributed by atoms with van der Waals surface area (Å²) >= 11 is 5.68. The van der Waals surface area contributed by atoms with Crippen LogP contribution in [0.25, 0.3) is 0 Å². The number of imide groups is 2. The second-order valence-corrected chi connectivity index (χ2v) is 9.01. The molecule has 1 atom stereocenters. The fraction of sp³-hybridized carbons (Fsp3) is 0.240.